The van der Waals surface area contributed by atoms with Crippen LogP contribution in [0.15, 0.2) is 64.8 Å². The van der Waals surface area contributed by atoms with Gasteiger partial charge in [-0.1, -0.05) is 48.9 Å². The fourth-order valence-corrected chi connectivity index (χ4v) is 4.36. The summed E-state index contributed by atoms with van der Waals surface area (Å²) in [4.78, 5) is 13.1. The average molecular weight is 529 g/mol. The molecular weight excluding hydrogens is 504 g/mol. The molecule has 38 heavy (non-hydrogen) atoms. The number of hydrogen-bond acceptors (Lipinski definition) is 8. The van der Waals surface area contributed by atoms with E-state index in [2.05, 4.69) is 36.3 Å². The Hall–Kier alpha value is -4.57. The lowest BCUT2D eigenvalue weighted by Gasteiger charge is -2.14. The number of carbonyl (C=O) groups excluding carboxylic acids is 1. The van der Waals surface area contributed by atoms with E-state index in [1.165, 1.54) is 5.01 Å². The smallest absolute Gasteiger partial charge is 0.301 e. The van der Waals surface area contributed by atoms with Crippen molar-refractivity contribution in [2.24, 2.45) is 10.2 Å². The van der Waals surface area contributed by atoms with Crippen LogP contribution in [-0.2, 0) is 4.79 Å². The first-order valence-corrected chi connectivity index (χ1v) is 12.3. The van der Waals surface area contributed by atoms with E-state index in [-0.39, 0.29) is 29.0 Å². The number of hydrazone groups is 2. The molecule has 0 spiro atoms. The number of aromatic nitrogens is 4. The lowest BCUT2D eigenvalue weighted by atomic mass is 9.96. The largest absolute Gasteiger partial charge is 0.505 e. The molecule has 0 fully saturated rings. The number of nitrogens with one attached hydrogen (secondary N) is 2. The average Bonchev–Trinajstić information content (AvgIpc) is 3.54. The molecule has 0 saturated heterocycles. The summed E-state index contributed by atoms with van der Waals surface area (Å²) in [6.07, 6.45) is 0. The Labute approximate surface area is 224 Å². The third kappa shape index (κ3) is 4.73. The minimum absolute atomic E-state index is 0.0303. The van der Waals surface area contributed by atoms with Crippen molar-refractivity contribution in [3.8, 4) is 16.9 Å². The van der Waals surface area contributed by atoms with Crippen molar-refractivity contribution in [3.63, 3.8) is 0 Å². The van der Waals surface area contributed by atoms with Crippen LogP contribution in [0.2, 0.25) is 5.02 Å². The summed E-state index contributed by atoms with van der Waals surface area (Å²) in [5.41, 5.74) is 8.77. The van der Waals surface area contributed by atoms with Crippen LogP contribution in [0.3, 0.4) is 0 Å². The van der Waals surface area contributed by atoms with Crippen LogP contribution in [0.5, 0.6) is 5.75 Å². The van der Waals surface area contributed by atoms with Gasteiger partial charge in [-0.05, 0) is 77.7 Å². The fraction of sp³-hybridized carbons (Fsp3) is 0.185. The van der Waals surface area contributed by atoms with Gasteiger partial charge in [0.1, 0.15) is 11.4 Å². The zero-order valence-corrected chi connectivity index (χ0v) is 21.9. The molecule has 1 unspecified atom stereocenters. The highest BCUT2D eigenvalue weighted by Crippen LogP contribution is 2.39. The van der Waals surface area contributed by atoms with E-state index < -0.39 is 0 Å². The number of aromatic hydroxyl groups is 1. The van der Waals surface area contributed by atoms with Crippen molar-refractivity contribution < 1.29 is 9.90 Å². The number of hydrogen-bond donors (Lipinski definition) is 3. The van der Waals surface area contributed by atoms with Crippen molar-refractivity contribution >= 4 is 40.3 Å². The highest BCUT2D eigenvalue weighted by atomic mass is 35.5. The van der Waals surface area contributed by atoms with Crippen LogP contribution in [0.1, 0.15) is 42.3 Å². The lowest BCUT2D eigenvalue weighted by molar-refractivity contribution is -0.112. The summed E-state index contributed by atoms with van der Waals surface area (Å²) in [6, 6.07) is 16.6. The molecule has 1 aliphatic heterocycles. The molecule has 1 aromatic heterocycles. The van der Waals surface area contributed by atoms with Crippen molar-refractivity contribution in [3.05, 3.63) is 82.1 Å². The normalized spacial score (nSPS) is 15.2. The minimum Gasteiger partial charge on any atom is -0.505 e. The number of aromatic amines is 1. The molecule has 1 atom stereocenters. The van der Waals surface area contributed by atoms with E-state index in [9.17, 15) is 9.90 Å². The Morgan fingerprint density at radius 3 is 2.50 bits per heavy atom. The highest BCUT2D eigenvalue weighted by Gasteiger charge is 2.31. The van der Waals surface area contributed by atoms with Crippen LogP contribution in [0.4, 0.5) is 11.4 Å². The predicted octanol–water partition coefficient (Wildman–Crippen LogP) is 5.18. The number of nitrogens with zero attached hydrogens (tertiary/aromatic N) is 6. The van der Waals surface area contributed by atoms with Gasteiger partial charge >= 0.3 is 5.91 Å². The van der Waals surface area contributed by atoms with Gasteiger partial charge in [0, 0.05) is 16.5 Å². The number of benzene rings is 3. The van der Waals surface area contributed by atoms with Crippen molar-refractivity contribution in [1.82, 2.24) is 20.6 Å². The van der Waals surface area contributed by atoms with Crippen LogP contribution < -0.4 is 10.4 Å². The topological polar surface area (TPSA) is 132 Å². The number of phenols is 1. The van der Waals surface area contributed by atoms with Gasteiger partial charge in [-0.3, -0.25) is 10.2 Å². The van der Waals surface area contributed by atoms with Gasteiger partial charge < -0.3 is 5.11 Å². The monoisotopic (exact) mass is 528 g/mol. The van der Waals surface area contributed by atoms with Crippen LogP contribution in [0, 0.1) is 13.8 Å². The van der Waals surface area contributed by atoms with Gasteiger partial charge in [0.15, 0.2) is 11.5 Å². The number of rotatable bonds is 6. The molecule has 1 aliphatic rings. The van der Waals surface area contributed by atoms with Crippen LogP contribution >= 0.6 is 11.6 Å². The maximum Gasteiger partial charge on any atom is 0.301 e. The van der Waals surface area contributed by atoms with Gasteiger partial charge in [-0.15, -0.1) is 5.10 Å². The Balaban J connectivity index is 1.39. The number of anilines is 2. The second-order valence-electron chi connectivity index (χ2n) is 9.12. The van der Waals surface area contributed by atoms with Crippen LogP contribution in [-0.4, -0.2) is 43.1 Å². The number of aryl methyl sites for hydroxylation is 2. The number of H-pyrrole nitrogens is 1. The summed E-state index contributed by atoms with van der Waals surface area (Å²) < 4.78 is 0. The summed E-state index contributed by atoms with van der Waals surface area (Å²) in [5, 5.41) is 35.4. The van der Waals surface area contributed by atoms with Gasteiger partial charge in [0.05, 0.1) is 11.4 Å². The maximum atomic E-state index is 13.1. The van der Waals surface area contributed by atoms with E-state index in [1.807, 2.05) is 63.2 Å². The molecule has 3 N–H and O–H groups in total. The van der Waals surface area contributed by atoms with Crippen molar-refractivity contribution in [2.75, 3.05) is 10.4 Å². The third-order valence-corrected chi connectivity index (χ3v) is 6.80. The number of carbonyl (C=O) groups is 1. The molecule has 2 heterocycles. The second-order valence-corrected chi connectivity index (χ2v) is 9.56. The first-order valence-electron chi connectivity index (χ1n) is 11.9. The molecular formula is C27H25ClN8O2. The SMILES string of the molecule is CC1=NN(c2ccc(C)c(C)c2)C(=O)C1=NNc1cc(Cl)cc(-c2ccc(C(C)c3nnn[nH]3)cc2)c1O. The molecule has 10 nitrogen and oxygen atoms in total. The van der Waals surface area contributed by atoms with Crippen molar-refractivity contribution in [2.45, 2.75) is 33.6 Å². The third-order valence-electron chi connectivity index (χ3n) is 6.58. The fourth-order valence-electron chi connectivity index (χ4n) is 4.14. The number of halogens is 1. The molecule has 1 amide bonds. The second kappa shape index (κ2) is 10.1. The Bertz CT molecular complexity index is 1580. The summed E-state index contributed by atoms with van der Waals surface area (Å²) in [5.74, 6) is 0.208. The number of phenolic OH excluding ortho intramolecular Hbond substituents is 1. The van der Waals surface area contributed by atoms with E-state index >= 15 is 0 Å². The molecule has 0 radical (unpaired) electrons. The van der Waals surface area contributed by atoms with E-state index in [4.69, 9.17) is 11.6 Å². The first-order chi connectivity index (χ1) is 18.2. The van der Waals surface area contributed by atoms with Crippen molar-refractivity contribution in [1.29, 1.82) is 0 Å². The zero-order chi connectivity index (χ0) is 27.0. The molecule has 4 aromatic rings. The molecule has 0 bridgehead atoms. The molecule has 0 aliphatic carbocycles. The van der Waals surface area contributed by atoms with E-state index in [0.717, 1.165) is 22.3 Å². The van der Waals surface area contributed by atoms with Gasteiger partial charge in [0.25, 0.3) is 0 Å². The summed E-state index contributed by atoms with van der Waals surface area (Å²) in [6.45, 7) is 7.69. The maximum absolute atomic E-state index is 13.1. The lowest BCUT2D eigenvalue weighted by Crippen LogP contribution is -2.28. The first kappa shape index (κ1) is 25.1. The quantitative estimate of drug-likeness (QED) is 0.233. The minimum atomic E-state index is -0.369. The van der Waals surface area contributed by atoms with Crippen LogP contribution in [0.25, 0.3) is 11.1 Å². The highest BCUT2D eigenvalue weighted by molar-refractivity contribution is 6.71. The molecule has 192 valence electrons. The Morgan fingerprint density at radius 2 is 1.82 bits per heavy atom. The Kier molecular flexibility index (Phi) is 6.64. The Morgan fingerprint density at radius 1 is 1.05 bits per heavy atom. The predicted molar refractivity (Wildman–Crippen MR) is 148 cm³/mol. The van der Waals surface area contributed by atoms with E-state index in [0.29, 0.717) is 27.8 Å². The number of amides is 1. The van der Waals surface area contributed by atoms with E-state index in [1.54, 1.807) is 19.1 Å². The standard InChI is InChI=1S/C27H25ClN8O2/c1-14-5-10-21(11-15(14)2)36-27(38)24(17(4)33-36)30-29-23-13-20(28)12-22(25(23)37)19-8-6-18(7-9-19)16(3)26-31-34-35-32-26/h5-13,16,29,37H,1-4H3,(H,31,32,34,35). The van der Waals surface area contributed by atoms with Gasteiger partial charge in [-0.25, -0.2) is 5.10 Å². The summed E-state index contributed by atoms with van der Waals surface area (Å²) >= 11 is 6.38. The number of tetrazole rings is 1. The van der Waals surface area contributed by atoms with Gasteiger partial charge in [-0.2, -0.15) is 15.2 Å². The molecule has 0 saturated carbocycles. The zero-order valence-electron chi connectivity index (χ0n) is 21.2. The molecule has 5 rings (SSSR count). The summed E-state index contributed by atoms with van der Waals surface area (Å²) in [7, 11) is 0. The van der Waals surface area contributed by atoms with Gasteiger partial charge in [0.2, 0.25) is 0 Å². The molecule has 11 heteroatoms. The molecule has 3 aromatic carbocycles.